The van der Waals surface area contributed by atoms with Crippen LogP contribution in [0.4, 0.5) is 0 Å². The van der Waals surface area contributed by atoms with Gasteiger partial charge < -0.3 is 10.1 Å². The van der Waals surface area contributed by atoms with Crippen LogP contribution in [0.3, 0.4) is 0 Å². The fourth-order valence-electron chi connectivity index (χ4n) is 3.25. The van der Waals surface area contributed by atoms with Gasteiger partial charge in [0.05, 0.1) is 11.7 Å². The van der Waals surface area contributed by atoms with E-state index in [1.54, 1.807) is 6.20 Å². The Hall–Kier alpha value is -3.08. The number of nitrogens with zero attached hydrogens (tertiary/aromatic N) is 2. The number of amides is 1. The molecule has 146 valence electrons. The molecule has 3 aromatic rings. The van der Waals surface area contributed by atoms with Crippen LogP contribution in [0.25, 0.3) is 0 Å². The fraction of sp³-hybridized carbons (Fsp3) is 0.304. The summed E-state index contributed by atoms with van der Waals surface area (Å²) in [5.74, 6) is 0.756. The number of nitrogens with one attached hydrogen (secondary N) is 1. The van der Waals surface area contributed by atoms with E-state index in [-0.39, 0.29) is 11.9 Å². The largest absolute Gasteiger partial charge is 0.489 e. The standard InChI is InChI=1S/C23H27N3O2/c1-5-26-21(11-12-24-26)18(4)25-23(27)20-8-6-7-19(14-20)15-28-22-10-9-16(2)13-17(22)3/h6-14,18H,5,15H2,1-4H3,(H,25,27). The highest BCUT2D eigenvalue weighted by Gasteiger charge is 2.15. The SMILES string of the molecule is CCn1nccc1C(C)NC(=O)c1cccc(COc2ccc(C)cc2C)c1. The summed E-state index contributed by atoms with van der Waals surface area (Å²) in [6, 6.07) is 15.5. The van der Waals surface area contributed by atoms with Crippen molar-refractivity contribution in [3.05, 3.63) is 82.7 Å². The first kappa shape index (κ1) is 19.7. The van der Waals surface area contributed by atoms with E-state index in [1.165, 1.54) is 5.56 Å². The second-order valence-electron chi connectivity index (χ2n) is 7.02. The molecule has 0 bridgehead atoms. The van der Waals surface area contributed by atoms with Gasteiger partial charge >= 0.3 is 0 Å². The van der Waals surface area contributed by atoms with E-state index in [2.05, 4.69) is 23.4 Å². The smallest absolute Gasteiger partial charge is 0.251 e. The van der Waals surface area contributed by atoms with Crippen LogP contribution < -0.4 is 10.1 Å². The van der Waals surface area contributed by atoms with Crippen LogP contribution in [0.15, 0.2) is 54.7 Å². The van der Waals surface area contributed by atoms with Crippen molar-refractivity contribution in [1.29, 1.82) is 0 Å². The molecule has 1 atom stereocenters. The minimum absolute atomic E-state index is 0.107. The summed E-state index contributed by atoms with van der Waals surface area (Å²) in [7, 11) is 0. The number of ether oxygens (including phenoxy) is 1. The quantitative estimate of drug-likeness (QED) is 0.655. The van der Waals surface area contributed by atoms with Crippen LogP contribution >= 0.6 is 0 Å². The Morgan fingerprint density at radius 2 is 2.00 bits per heavy atom. The second kappa shape index (κ2) is 8.74. The molecule has 0 radical (unpaired) electrons. The monoisotopic (exact) mass is 377 g/mol. The van der Waals surface area contributed by atoms with Gasteiger partial charge in [0, 0.05) is 18.3 Å². The molecule has 0 saturated carbocycles. The van der Waals surface area contributed by atoms with Crippen molar-refractivity contribution in [3.63, 3.8) is 0 Å². The Kier molecular flexibility index (Phi) is 6.14. The zero-order valence-electron chi connectivity index (χ0n) is 16.9. The summed E-state index contributed by atoms with van der Waals surface area (Å²) in [6.07, 6.45) is 1.76. The number of benzene rings is 2. The summed E-state index contributed by atoms with van der Waals surface area (Å²) in [6.45, 7) is 9.29. The molecule has 1 N–H and O–H groups in total. The van der Waals surface area contributed by atoms with Gasteiger partial charge in [-0.05, 0) is 63.1 Å². The number of hydrogen-bond donors (Lipinski definition) is 1. The maximum Gasteiger partial charge on any atom is 0.251 e. The third kappa shape index (κ3) is 4.60. The molecule has 3 rings (SSSR count). The van der Waals surface area contributed by atoms with Gasteiger partial charge in [0.25, 0.3) is 5.91 Å². The minimum Gasteiger partial charge on any atom is -0.489 e. The van der Waals surface area contributed by atoms with Gasteiger partial charge in [0.1, 0.15) is 12.4 Å². The molecule has 0 aliphatic heterocycles. The predicted octanol–water partition coefficient (Wildman–Crippen LogP) is 4.59. The van der Waals surface area contributed by atoms with Gasteiger partial charge in [-0.2, -0.15) is 5.10 Å². The van der Waals surface area contributed by atoms with E-state index in [0.717, 1.165) is 29.1 Å². The maximum absolute atomic E-state index is 12.7. The third-order valence-corrected chi connectivity index (χ3v) is 4.75. The lowest BCUT2D eigenvalue weighted by atomic mass is 10.1. The molecular weight excluding hydrogens is 350 g/mol. The van der Waals surface area contributed by atoms with E-state index in [0.29, 0.717) is 12.2 Å². The Morgan fingerprint density at radius 1 is 1.18 bits per heavy atom. The molecule has 0 spiro atoms. The van der Waals surface area contributed by atoms with E-state index in [1.807, 2.05) is 67.9 Å². The van der Waals surface area contributed by atoms with Crippen molar-refractivity contribution in [1.82, 2.24) is 15.1 Å². The van der Waals surface area contributed by atoms with Crippen molar-refractivity contribution in [2.45, 2.75) is 46.9 Å². The maximum atomic E-state index is 12.7. The minimum atomic E-state index is -0.120. The zero-order valence-corrected chi connectivity index (χ0v) is 16.9. The molecule has 0 fully saturated rings. The van der Waals surface area contributed by atoms with Crippen molar-refractivity contribution in [2.75, 3.05) is 0 Å². The summed E-state index contributed by atoms with van der Waals surface area (Å²) in [5, 5.41) is 7.31. The molecule has 0 aliphatic rings. The van der Waals surface area contributed by atoms with Crippen LogP contribution in [-0.2, 0) is 13.2 Å². The van der Waals surface area contributed by atoms with E-state index < -0.39 is 0 Å². The zero-order chi connectivity index (χ0) is 20.1. The van der Waals surface area contributed by atoms with Crippen LogP contribution in [0.1, 0.15) is 52.6 Å². The highest BCUT2D eigenvalue weighted by molar-refractivity contribution is 5.94. The molecule has 0 saturated heterocycles. The topological polar surface area (TPSA) is 56.2 Å². The van der Waals surface area contributed by atoms with E-state index in [9.17, 15) is 4.79 Å². The van der Waals surface area contributed by atoms with Crippen LogP contribution in [0.5, 0.6) is 5.75 Å². The average Bonchev–Trinajstić information content (AvgIpc) is 3.16. The second-order valence-corrected chi connectivity index (χ2v) is 7.02. The van der Waals surface area contributed by atoms with Gasteiger partial charge in [0.15, 0.2) is 0 Å². The number of rotatable bonds is 7. The van der Waals surface area contributed by atoms with E-state index in [4.69, 9.17) is 4.74 Å². The lowest BCUT2D eigenvalue weighted by molar-refractivity contribution is 0.0938. The number of carbonyl (C=O) groups is 1. The van der Waals surface area contributed by atoms with Crippen molar-refractivity contribution in [3.8, 4) is 5.75 Å². The fourth-order valence-corrected chi connectivity index (χ4v) is 3.25. The lowest BCUT2D eigenvalue weighted by Crippen LogP contribution is -2.28. The summed E-state index contributed by atoms with van der Waals surface area (Å²) >= 11 is 0. The number of aromatic nitrogens is 2. The molecule has 2 aromatic carbocycles. The van der Waals surface area contributed by atoms with Crippen LogP contribution in [-0.4, -0.2) is 15.7 Å². The molecule has 1 amide bonds. The summed E-state index contributed by atoms with van der Waals surface area (Å²) in [4.78, 5) is 12.7. The molecule has 5 heteroatoms. The Bertz CT molecular complexity index is 962. The van der Waals surface area contributed by atoms with Gasteiger partial charge in [-0.15, -0.1) is 0 Å². The highest BCUT2D eigenvalue weighted by atomic mass is 16.5. The van der Waals surface area contributed by atoms with Crippen LogP contribution in [0, 0.1) is 13.8 Å². The van der Waals surface area contributed by atoms with Crippen molar-refractivity contribution in [2.24, 2.45) is 0 Å². The van der Waals surface area contributed by atoms with Crippen LogP contribution in [0.2, 0.25) is 0 Å². The Balaban J connectivity index is 1.66. The molecule has 1 unspecified atom stereocenters. The lowest BCUT2D eigenvalue weighted by Gasteiger charge is -2.16. The molecule has 0 aliphatic carbocycles. The first-order chi connectivity index (χ1) is 13.5. The average molecular weight is 377 g/mol. The predicted molar refractivity (Wildman–Crippen MR) is 110 cm³/mol. The van der Waals surface area contributed by atoms with Gasteiger partial charge in [0.2, 0.25) is 0 Å². The van der Waals surface area contributed by atoms with E-state index >= 15 is 0 Å². The normalized spacial score (nSPS) is 11.9. The highest BCUT2D eigenvalue weighted by Crippen LogP contribution is 2.20. The first-order valence-electron chi connectivity index (χ1n) is 9.59. The molecule has 1 aromatic heterocycles. The van der Waals surface area contributed by atoms with Gasteiger partial charge in [-0.3, -0.25) is 9.48 Å². The third-order valence-electron chi connectivity index (χ3n) is 4.75. The number of carbonyl (C=O) groups excluding carboxylic acids is 1. The number of hydrogen-bond acceptors (Lipinski definition) is 3. The Morgan fingerprint density at radius 3 is 2.75 bits per heavy atom. The summed E-state index contributed by atoms with van der Waals surface area (Å²) < 4.78 is 7.83. The molecule has 1 heterocycles. The number of aryl methyl sites for hydroxylation is 3. The molecule has 28 heavy (non-hydrogen) atoms. The summed E-state index contributed by atoms with van der Waals surface area (Å²) in [5.41, 5.74) is 4.89. The van der Waals surface area contributed by atoms with Crippen molar-refractivity contribution < 1.29 is 9.53 Å². The Labute approximate surface area is 166 Å². The van der Waals surface area contributed by atoms with Gasteiger partial charge in [-0.25, -0.2) is 0 Å². The van der Waals surface area contributed by atoms with Gasteiger partial charge in [-0.1, -0.05) is 29.8 Å². The van der Waals surface area contributed by atoms with Crippen molar-refractivity contribution >= 4 is 5.91 Å². The first-order valence-corrected chi connectivity index (χ1v) is 9.59. The molecule has 5 nitrogen and oxygen atoms in total. The molecular formula is C23H27N3O2.